The highest BCUT2D eigenvalue weighted by Crippen LogP contribution is 1.77. The molecule has 0 amide bonds. The van der Waals surface area contributed by atoms with Gasteiger partial charge in [0.25, 0.3) is 0 Å². The molecule has 0 atom stereocenters. The molecule has 0 aromatic heterocycles. The van der Waals surface area contributed by atoms with Crippen LogP contribution in [0.15, 0.2) is 0 Å². The predicted octanol–water partition coefficient (Wildman–Crippen LogP) is 0.979. The second-order valence-electron chi connectivity index (χ2n) is 1.69. The van der Waals surface area contributed by atoms with Gasteiger partial charge in [0.2, 0.25) is 0 Å². The molecule has 4 heteroatoms. The number of hydrogen-bond acceptors (Lipinski definition) is 3. The van der Waals surface area contributed by atoms with Crippen molar-refractivity contribution < 1.29 is 9.47 Å². The third-order valence-electron chi connectivity index (χ3n) is 0.917. The lowest BCUT2D eigenvalue weighted by Gasteiger charge is -2.02. The molecule has 0 unspecified atom stereocenters. The quantitative estimate of drug-likeness (QED) is 0.420. The van der Waals surface area contributed by atoms with E-state index in [0.29, 0.717) is 13.2 Å². The molecule has 0 fully saturated rings. The maximum absolute atomic E-state index is 5.18. The van der Waals surface area contributed by atoms with Crippen molar-refractivity contribution in [3.63, 3.8) is 0 Å². The second kappa shape index (κ2) is 9.61. The lowest BCUT2D eigenvalue weighted by molar-refractivity contribution is 0.0556. The molecule has 3 nitrogen and oxygen atoms in total. The number of ether oxygens (including phenoxy) is 2. The summed E-state index contributed by atoms with van der Waals surface area (Å²) >= 11 is 2.09. The molecule has 10 heavy (non-hydrogen) atoms. The third-order valence-corrected chi connectivity index (χ3v) is 1.46. The average Bonchev–Trinajstić information content (AvgIpc) is 1.97. The van der Waals surface area contributed by atoms with Crippen LogP contribution in [0.4, 0.5) is 0 Å². The highest BCUT2D eigenvalue weighted by atomic mass is 127. The van der Waals surface area contributed by atoms with E-state index in [9.17, 15) is 0 Å². The fourth-order valence-electron chi connectivity index (χ4n) is 0.475. The normalized spacial score (nSPS) is 10.2. The number of rotatable bonds is 7. The Morgan fingerprint density at radius 2 is 1.90 bits per heavy atom. The van der Waals surface area contributed by atoms with Crippen molar-refractivity contribution in [3.05, 3.63) is 0 Å². The van der Waals surface area contributed by atoms with E-state index in [-0.39, 0.29) is 0 Å². The summed E-state index contributed by atoms with van der Waals surface area (Å²) in [5.74, 6) is 0. The van der Waals surface area contributed by atoms with Gasteiger partial charge in [-0.1, -0.05) is 0 Å². The van der Waals surface area contributed by atoms with E-state index in [0.717, 1.165) is 19.8 Å². The van der Waals surface area contributed by atoms with Crippen LogP contribution in [0.3, 0.4) is 0 Å². The molecule has 0 aromatic carbocycles. The second-order valence-corrected chi connectivity index (χ2v) is 2.46. The topological polar surface area (TPSA) is 30.5 Å². The van der Waals surface area contributed by atoms with Gasteiger partial charge in [-0.3, -0.25) is 3.53 Å². The van der Waals surface area contributed by atoms with Gasteiger partial charge in [0.05, 0.1) is 19.8 Å². The van der Waals surface area contributed by atoms with E-state index in [4.69, 9.17) is 9.47 Å². The van der Waals surface area contributed by atoms with Crippen molar-refractivity contribution in [1.29, 1.82) is 0 Å². The van der Waals surface area contributed by atoms with E-state index >= 15 is 0 Å². The maximum atomic E-state index is 5.18. The highest BCUT2D eigenvalue weighted by Gasteiger charge is 1.85. The summed E-state index contributed by atoms with van der Waals surface area (Å²) in [7, 11) is 0. The number of hydrogen-bond donors (Lipinski definition) is 1. The van der Waals surface area contributed by atoms with E-state index < -0.39 is 0 Å². The molecule has 0 saturated carbocycles. The summed E-state index contributed by atoms with van der Waals surface area (Å²) in [4.78, 5) is 0. The van der Waals surface area contributed by atoms with Gasteiger partial charge in [0, 0.05) is 36.0 Å². The van der Waals surface area contributed by atoms with Crippen LogP contribution < -0.4 is 3.53 Å². The van der Waals surface area contributed by atoms with Crippen molar-refractivity contribution in [2.45, 2.75) is 6.92 Å². The van der Waals surface area contributed by atoms with Crippen LogP contribution in [0.2, 0.25) is 0 Å². The first-order valence-electron chi connectivity index (χ1n) is 3.40. The molecule has 0 heterocycles. The molecule has 0 aliphatic carbocycles. The summed E-state index contributed by atoms with van der Waals surface area (Å²) < 4.78 is 13.2. The Kier molecular flexibility index (Phi) is 10.2. The van der Waals surface area contributed by atoms with E-state index in [2.05, 4.69) is 26.4 Å². The number of halogens is 1. The minimum absolute atomic E-state index is 0.701. The standard InChI is InChI=1S/C6H14INO2/c1-2-9-5-6-10-4-3-8-7/h8H,2-6H2,1H3. The van der Waals surface area contributed by atoms with Crippen molar-refractivity contribution >= 4 is 22.9 Å². The van der Waals surface area contributed by atoms with Gasteiger partial charge >= 0.3 is 0 Å². The van der Waals surface area contributed by atoms with Crippen LogP contribution in [0.1, 0.15) is 6.92 Å². The summed E-state index contributed by atoms with van der Waals surface area (Å²) in [6.45, 7) is 5.81. The smallest absolute Gasteiger partial charge is 0.0701 e. The lowest BCUT2D eigenvalue weighted by atomic mass is 10.7. The SMILES string of the molecule is CCOCCOCCNI. The van der Waals surface area contributed by atoms with E-state index in [1.165, 1.54) is 0 Å². The third kappa shape index (κ3) is 8.61. The molecule has 62 valence electrons. The van der Waals surface area contributed by atoms with Gasteiger partial charge in [-0.2, -0.15) is 0 Å². The van der Waals surface area contributed by atoms with Gasteiger partial charge in [-0.15, -0.1) is 0 Å². The monoisotopic (exact) mass is 259 g/mol. The Balaban J connectivity index is 2.65. The molecule has 0 aromatic rings. The van der Waals surface area contributed by atoms with Crippen LogP contribution in [0, 0.1) is 0 Å². The van der Waals surface area contributed by atoms with E-state index in [1.807, 2.05) is 6.92 Å². The van der Waals surface area contributed by atoms with Crippen LogP contribution in [0.5, 0.6) is 0 Å². The minimum atomic E-state index is 0.701. The summed E-state index contributed by atoms with van der Waals surface area (Å²) in [5.41, 5.74) is 0. The Labute approximate surface area is 76.0 Å². The Morgan fingerprint density at radius 1 is 1.20 bits per heavy atom. The van der Waals surface area contributed by atoms with Crippen molar-refractivity contribution in [3.8, 4) is 0 Å². The summed E-state index contributed by atoms with van der Waals surface area (Å²) in [6, 6.07) is 0. The fraction of sp³-hybridized carbons (Fsp3) is 1.00. The molecule has 0 bridgehead atoms. The van der Waals surface area contributed by atoms with Crippen molar-refractivity contribution in [2.24, 2.45) is 0 Å². The van der Waals surface area contributed by atoms with Crippen LogP contribution in [-0.2, 0) is 9.47 Å². The average molecular weight is 259 g/mol. The number of nitrogens with one attached hydrogen (secondary N) is 1. The molecule has 0 aliphatic heterocycles. The maximum Gasteiger partial charge on any atom is 0.0701 e. The van der Waals surface area contributed by atoms with Gasteiger partial charge in [-0.25, -0.2) is 0 Å². The van der Waals surface area contributed by atoms with Gasteiger partial charge < -0.3 is 9.47 Å². The highest BCUT2D eigenvalue weighted by molar-refractivity contribution is 14.1. The largest absolute Gasteiger partial charge is 0.379 e. The van der Waals surface area contributed by atoms with Gasteiger partial charge in [0.1, 0.15) is 0 Å². The molecule has 0 saturated heterocycles. The zero-order valence-corrected chi connectivity index (χ0v) is 8.39. The summed E-state index contributed by atoms with van der Waals surface area (Å²) in [5, 5.41) is 0. The Morgan fingerprint density at radius 3 is 2.50 bits per heavy atom. The Hall–Kier alpha value is 0.610. The molecule has 0 aliphatic rings. The molecule has 0 radical (unpaired) electrons. The van der Waals surface area contributed by atoms with Gasteiger partial charge in [0.15, 0.2) is 0 Å². The fourth-order valence-corrected chi connectivity index (χ4v) is 0.695. The summed E-state index contributed by atoms with van der Waals surface area (Å²) in [6.07, 6.45) is 0. The van der Waals surface area contributed by atoms with Crippen molar-refractivity contribution in [2.75, 3.05) is 33.0 Å². The zero-order valence-electron chi connectivity index (χ0n) is 6.23. The predicted molar refractivity (Wildman–Crippen MR) is 49.3 cm³/mol. The van der Waals surface area contributed by atoms with Crippen LogP contribution >= 0.6 is 22.9 Å². The van der Waals surface area contributed by atoms with Crippen LogP contribution in [-0.4, -0.2) is 33.0 Å². The molecule has 0 rings (SSSR count). The molecule has 0 spiro atoms. The first kappa shape index (κ1) is 10.6. The Bertz CT molecular complexity index is 55.7. The minimum Gasteiger partial charge on any atom is -0.379 e. The van der Waals surface area contributed by atoms with Crippen molar-refractivity contribution in [1.82, 2.24) is 3.53 Å². The van der Waals surface area contributed by atoms with Crippen LogP contribution in [0.25, 0.3) is 0 Å². The molecule has 1 N–H and O–H groups in total. The van der Waals surface area contributed by atoms with E-state index in [1.54, 1.807) is 0 Å². The zero-order chi connectivity index (χ0) is 7.66. The molecular weight excluding hydrogens is 245 g/mol. The first-order valence-corrected chi connectivity index (χ1v) is 4.48. The first-order chi connectivity index (χ1) is 4.91. The lowest BCUT2D eigenvalue weighted by Crippen LogP contribution is -2.12. The molecular formula is C6H14INO2. The van der Waals surface area contributed by atoms with Gasteiger partial charge in [-0.05, 0) is 6.92 Å².